The molecule has 0 heterocycles. The number of rotatable bonds is 14. The van der Waals surface area contributed by atoms with Crippen molar-refractivity contribution in [1.82, 2.24) is 0 Å². The molecule has 0 spiro atoms. The Kier molecular flexibility index (Phi) is 30.2. The molecule has 0 fully saturated rings. The molecule has 0 bridgehead atoms. The average Bonchev–Trinajstić information content (AvgIpc) is 3.21. The molecule has 4 N–H and O–H groups in total. The Balaban J connectivity index is 0. The van der Waals surface area contributed by atoms with Crippen LogP contribution in [-0.2, 0) is 69.5 Å². The summed E-state index contributed by atoms with van der Waals surface area (Å²) in [5.41, 5.74) is 10.6. The van der Waals surface area contributed by atoms with Gasteiger partial charge in [0.25, 0.3) is 0 Å². The molecule has 80 heavy (non-hydrogen) atoms. The second kappa shape index (κ2) is 30.1. The first-order valence-corrected chi connectivity index (χ1v) is 28.7. The van der Waals surface area contributed by atoms with Crippen LogP contribution < -0.4 is 115 Å². The second-order valence-corrected chi connectivity index (χ2v) is 31.7. The maximum atomic E-state index is 13.8. The Morgan fingerprint density at radius 2 is 0.425 bits per heavy atom. The summed E-state index contributed by atoms with van der Waals surface area (Å²) in [7, 11) is 8.63. The van der Waals surface area contributed by atoms with Crippen molar-refractivity contribution in [3.05, 3.63) is 115 Å². The van der Waals surface area contributed by atoms with Gasteiger partial charge in [0.2, 0.25) is 0 Å². The molecule has 0 aliphatic heterocycles. The summed E-state index contributed by atoms with van der Waals surface area (Å²) in [6.07, 6.45) is 0. The molecule has 4 aromatic carbocycles. The van der Waals surface area contributed by atoms with Gasteiger partial charge in [-0.15, -0.1) is 0 Å². The third-order valence-electron chi connectivity index (χ3n) is 15.1. The first-order valence-electron chi connectivity index (χ1n) is 28.7. The van der Waals surface area contributed by atoms with Crippen LogP contribution in [0, 0.1) is 0 Å². The maximum Gasteiger partial charge on any atom is 1.00 e. The van der Waals surface area contributed by atoms with Gasteiger partial charge in [-0.3, -0.25) is 0 Å². The summed E-state index contributed by atoms with van der Waals surface area (Å²) >= 11 is 0. The molecule has 428 valence electrons. The minimum absolute atomic E-state index is 0. The molecule has 4 rings (SSSR count). The van der Waals surface area contributed by atoms with Crippen LogP contribution in [0.15, 0.2) is 48.5 Å². The van der Waals surface area contributed by atoms with Crippen molar-refractivity contribution >= 4 is 0 Å². The van der Waals surface area contributed by atoms with Crippen molar-refractivity contribution in [2.75, 3.05) is 54.4 Å². The van der Waals surface area contributed by atoms with Gasteiger partial charge in [0.1, 0.15) is 52.4 Å². The Labute approximate surface area is 539 Å². The summed E-state index contributed by atoms with van der Waals surface area (Å²) in [4.78, 5) is 5.25. The third-order valence-corrected chi connectivity index (χ3v) is 15.1. The van der Waals surface area contributed by atoms with Crippen LogP contribution in [0.4, 0.5) is 0 Å². The van der Waals surface area contributed by atoms with Crippen LogP contribution in [-0.4, -0.2) is 54.4 Å². The van der Waals surface area contributed by atoms with E-state index in [1.807, 2.05) is 0 Å². The van der Waals surface area contributed by atoms with Crippen LogP contribution in [0.2, 0.25) is 0 Å². The fourth-order valence-corrected chi connectivity index (χ4v) is 9.65. The van der Waals surface area contributed by atoms with Gasteiger partial charge < -0.3 is 40.0 Å². The summed E-state index contributed by atoms with van der Waals surface area (Å²) < 4.78 is 0. The minimum atomic E-state index is -0.230. The molecule has 0 unspecified atom stereocenters. The van der Waals surface area contributed by atoms with Crippen molar-refractivity contribution < 1.29 is 115 Å². The second-order valence-electron chi connectivity index (χ2n) is 31.7. The Morgan fingerprint density at radius 3 is 0.550 bits per heavy atom. The van der Waals surface area contributed by atoms with Crippen LogP contribution >= 0.6 is 0 Å². The molecule has 0 aromatic heterocycles. The number of likely N-dealkylation sites (N-methyl/N-ethyl adjacent to an activating group) is 2. The first kappa shape index (κ1) is 80.4. The molecule has 4 aromatic rings. The van der Waals surface area contributed by atoms with Crippen molar-refractivity contribution in [2.24, 2.45) is 0 Å². The average molecular weight is 1080 g/mol. The monoisotopic (exact) mass is 1080 g/mol. The maximum absolute atomic E-state index is 13.8. The molecule has 8 nitrogen and oxygen atoms in total. The van der Waals surface area contributed by atoms with Gasteiger partial charge in [0.15, 0.2) is 0 Å². The standard InChI is InChI=1S/2C34H56N2O2.4Li/c2*1-31(2,3)25-17-23(29(37)27(19-25)33(7,8)9)21-36(16-15-35(13)14)22-24-18-26(32(4,5)6)20-28(30(24)38)34(10,11)12;;;;/h2*17-20,37-38H,15-16,21-22H2,1-14H3;;;;/q;;4*+1. The molecular weight excluding hydrogens is 965 g/mol. The first-order chi connectivity index (χ1) is 34.0. The summed E-state index contributed by atoms with van der Waals surface area (Å²) in [5, 5.41) is 55.1. The Morgan fingerprint density at radius 1 is 0.263 bits per heavy atom. The van der Waals surface area contributed by atoms with Crippen LogP contribution in [0.5, 0.6) is 23.0 Å². The van der Waals surface area contributed by atoms with E-state index in [0.717, 1.165) is 70.7 Å². The number of quaternary nitrogens is 4. The summed E-state index contributed by atoms with van der Waals surface area (Å²) in [5.74, 6) is 0.616. The van der Waals surface area contributed by atoms with Crippen molar-refractivity contribution in [3.8, 4) is 23.0 Å². The molecule has 0 radical (unpaired) electrons. The van der Waals surface area contributed by atoms with Crippen molar-refractivity contribution in [1.29, 1.82) is 0 Å². The summed E-state index contributed by atoms with van der Waals surface area (Å²) in [6, 6.07) is 17.0. The van der Waals surface area contributed by atoms with E-state index >= 15 is 0 Å². The van der Waals surface area contributed by atoms with E-state index in [1.54, 1.807) is 0 Å². The van der Waals surface area contributed by atoms with Gasteiger partial charge in [0, 0.05) is 0 Å². The molecule has 0 saturated carbocycles. The fourth-order valence-electron chi connectivity index (χ4n) is 9.65. The van der Waals surface area contributed by atoms with E-state index < -0.39 is 0 Å². The van der Waals surface area contributed by atoms with Gasteiger partial charge in [-0.1, -0.05) is 238 Å². The van der Waals surface area contributed by atoms with E-state index in [9.17, 15) is 20.4 Å². The largest absolute Gasteiger partial charge is 1.00 e. The zero-order valence-electron chi connectivity index (χ0n) is 57.9. The number of hydrogen-bond donors (Lipinski definition) is 4. The van der Waals surface area contributed by atoms with E-state index in [4.69, 9.17) is 0 Å². The van der Waals surface area contributed by atoms with Gasteiger partial charge >= 0.3 is 75.4 Å². The van der Waals surface area contributed by atoms with Crippen LogP contribution in [0.25, 0.3) is 0 Å². The Hall–Kier alpha value is -1.69. The van der Waals surface area contributed by atoms with Gasteiger partial charge in [-0.2, -0.15) is 0 Å². The molecule has 0 aliphatic carbocycles. The van der Waals surface area contributed by atoms with Crippen molar-refractivity contribution in [3.63, 3.8) is 0 Å². The molecule has 0 atom stereocenters. The summed E-state index contributed by atoms with van der Waals surface area (Å²) in [6.45, 7) is 58.1. The SMILES string of the molecule is C[NH+](C)CC[NH+](Cc1cc(C(C)(C)C)cc(C(C)(C)C)c1[O-])Cc1cc(C(C)(C)C)cc(C(C)(C)C)c1[O-].C[NH+](C)CC[NH+](Cc1cc(C(C)(C)C)cc(C(C)(C)C)c1[O-])Cc1cc(C(C)(C)C)cc(C(C)(C)C)c1[O-].[Li+].[Li+].[Li+].[Li+]. The molecule has 0 amide bonds. The molecular formula is C68H112Li4N4O4+4. The zero-order chi connectivity index (χ0) is 58.9. The molecule has 0 aliphatic rings. The predicted molar refractivity (Wildman–Crippen MR) is 315 cm³/mol. The Bertz CT molecular complexity index is 2240. The van der Waals surface area contributed by atoms with E-state index in [-0.39, 0.29) is 142 Å². The van der Waals surface area contributed by atoms with Gasteiger partial charge in [-0.05, 0) is 110 Å². The normalized spacial score (nSPS) is 12.9. The van der Waals surface area contributed by atoms with E-state index in [0.29, 0.717) is 26.2 Å². The fraction of sp³-hybridized carbons (Fsp3) is 0.647. The molecule has 12 heteroatoms. The van der Waals surface area contributed by atoms with Crippen LogP contribution in [0.3, 0.4) is 0 Å². The smallest absolute Gasteiger partial charge is 0.872 e. The zero-order valence-corrected chi connectivity index (χ0v) is 57.9. The van der Waals surface area contributed by atoms with Gasteiger partial charge in [-0.25, -0.2) is 0 Å². The topological polar surface area (TPSA) is 110 Å². The van der Waals surface area contributed by atoms with E-state index in [1.165, 1.54) is 41.9 Å². The number of benzene rings is 4. The third kappa shape index (κ3) is 23.3. The predicted octanol–water partition coefficient (Wildman–Crippen LogP) is -4.48. The molecule has 0 saturated heterocycles. The van der Waals surface area contributed by atoms with Crippen molar-refractivity contribution in [2.45, 2.75) is 236 Å². The van der Waals surface area contributed by atoms with Crippen LogP contribution in [0.1, 0.15) is 233 Å². The number of hydrogen-bond acceptors (Lipinski definition) is 4. The minimum Gasteiger partial charge on any atom is -0.872 e. The van der Waals surface area contributed by atoms with E-state index in [2.05, 4.69) is 243 Å². The number of nitrogens with one attached hydrogen (secondary N) is 4. The van der Waals surface area contributed by atoms with Gasteiger partial charge in [0.05, 0.1) is 28.2 Å². The quantitative estimate of drug-likeness (QED) is 0.0958.